The molecular formula is C17H18Cl2N4O. The van der Waals surface area contributed by atoms with Crippen molar-refractivity contribution < 1.29 is 5.48 Å². The fourth-order valence-corrected chi connectivity index (χ4v) is 2.99. The second kappa shape index (κ2) is 7.21. The Morgan fingerprint density at radius 2 is 1.88 bits per heavy atom. The van der Waals surface area contributed by atoms with E-state index in [-0.39, 0.29) is 17.9 Å². The molecule has 3 N–H and O–H groups in total. The Kier molecular flexibility index (Phi) is 5.49. The highest BCUT2D eigenvalue weighted by molar-refractivity contribution is 6.30. The zero-order chi connectivity index (χ0) is 15.1. The van der Waals surface area contributed by atoms with Crippen LogP contribution in [0.4, 0.5) is 5.82 Å². The predicted octanol–water partition coefficient (Wildman–Crippen LogP) is 3.56. The van der Waals surface area contributed by atoms with Crippen molar-refractivity contribution in [1.82, 2.24) is 15.0 Å². The van der Waals surface area contributed by atoms with Crippen LogP contribution in [0.2, 0.25) is 5.02 Å². The van der Waals surface area contributed by atoms with Crippen LogP contribution in [0, 0.1) is 6.92 Å². The number of fused-ring (bicyclic) bond motifs is 1. The number of rotatable bonds is 2. The number of aryl methyl sites for hydroxylation is 1. The zero-order valence-electron chi connectivity index (χ0n) is 13.1. The van der Waals surface area contributed by atoms with Crippen LogP contribution in [0.25, 0.3) is 22.3 Å². The number of nitrogens with zero attached hydrogens (tertiary/aromatic N) is 3. The van der Waals surface area contributed by atoms with Gasteiger partial charge in [0.25, 0.3) is 0 Å². The highest BCUT2D eigenvalue weighted by atomic mass is 35.5. The Morgan fingerprint density at radius 1 is 1.12 bits per heavy atom. The number of H-pyrrole nitrogens is 1. The van der Waals surface area contributed by atoms with Gasteiger partial charge in [0, 0.05) is 23.8 Å². The smallest absolute Gasteiger partial charge is 0.157 e. The molecule has 4 rings (SSSR count). The molecule has 0 saturated carbocycles. The van der Waals surface area contributed by atoms with Crippen molar-refractivity contribution in [3.05, 3.63) is 53.3 Å². The van der Waals surface area contributed by atoms with E-state index in [1.54, 1.807) is 0 Å². The van der Waals surface area contributed by atoms with Crippen LogP contribution in [-0.4, -0.2) is 33.5 Å². The molecule has 0 saturated heterocycles. The molecule has 2 aromatic heterocycles. The van der Waals surface area contributed by atoms with Crippen LogP contribution < -0.4 is 4.90 Å². The van der Waals surface area contributed by atoms with Gasteiger partial charge in [0.2, 0.25) is 0 Å². The van der Waals surface area contributed by atoms with Gasteiger partial charge in [-0.15, -0.1) is 12.4 Å². The fraction of sp³-hybridized carbons (Fsp3) is 0.176. The van der Waals surface area contributed by atoms with Crippen LogP contribution in [-0.2, 0) is 0 Å². The Hall–Kier alpha value is -2.08. The molecule has 1 aromatic carbocycles. The molecular weight excluding hydrogens is 347 g/mol. The molecule has 0 aliphatic carbocycles. The molecule has 0 fully saturated rings. The number of aromatic nitrogens is 3. The first-order valence-electron chi connectivity index (χ1n) is 7.24. The van der Waals surface area contributed by atoms with Gasteiger partial charge in [-0.05, 0) is 30.7 Å². The van der Waals surface area contributed by atoms with Gasteiger partial charge in [-0.2, -0.15) is 0 Å². The second-order valence-electron chi connectivity index (χ2n) is 5.42. The van der Waals surface area contributed by atoms with Gasteiger partial charge in [-0.1, -0.05) is 35.9 Å². The molecule has 0 amide bonds. The summed E-state index contributed by atoms with van der Waals surface area (Å²) in [6, 6.07) is 9.87. The Labute approximate surface area is 151 Å². The lowest BCUT2D eigenvalue weighted by atomic mass is 10.1. The molecule has 3 heterocycles. The van der Waals surface area contributed by atoms with Crippen LogP contribution in [0.5, 0.6) is 0 Å². The third kappa shape index (κ3) is 3.24. The van der Waals surface area contributed by atoms with Crippen molar-refractivity contribution in [3.8, 4) is 11.3 Å². The van der Waals surface area contributed by atoms with Gasteiger partial charge in [0.1, 0.15) is 11.3 Å². The maximum atomic E-state index is 6.10. The Morgan fingerprint density at radius 3 is 2.58 bits per heavy atom. The van der Waals surface area contributed by atoms with Crippen LogP contribution in [0.1, 0.15) is 5.82 Å². The van der Waals surface area contributed by atoms with E-state index in [1.165, 1.54) is 0 Å². The number of halogens is 2. The van der Waals surface area contributed by atoms with Crippen molar-refractivity contribution in [3.63, 3.8) is 0 Å². The first-order chi connectivity index (χ1) is 10.7. The standard InChI is InChI=1S/C17H15ClN4.ClH.H2O/c1-11-19-15-10-14(12-5-4-6-13(18)9-12)21-16(15)17(20-11)22-7-2-3-8-22;;/h2-6,9-10,21H,7-8H2,1H3;1H;1H2. The van der Waals surface area contributed by atoms with E-state index in [0.717, 1.165) is 52.0 Å². The summed E-state index contributed by atoms with van der Waals surface area (Å²) in [4.78, 5) is 14.9. The van der Waals surface area contributed by atoms with Crippen molar-refractivity contribution >= 4 is 40.9 Å². The molecule has 3 aromatic rings. The maximum Gasteiger partial charge on any atom is 0.157 e. The van der Waals surface area contributed by atoms with E-state index in [4.69, 9.17) is 11.6 Å². The van der Waals surface area contributed by atoms with Crippen molar-refractivity contribution in [2.24, 2.45) is 0 Å². The molecule has 0 spiro atoms. The van der Waals surface area contributed by atoms with E-state index < -0.39 is 0 Å². The van der Waals surface area contributed by atoms with Gasteiger partial charge in [-0.25, -0.2) is 9.97 Å². The van der Waals surface area contributed by atoms with Gasteiger partial charge < -0.3 is 15.4 Å². The van der Waals surface area contributed by atoms with Crippen molar-refractivity contribution in [1.29, 1.82) is 0 Å². The summed E-state index contributed by atoms with van der Waals surface area (Å²) in [6.07, 6.45) is 4.31. The molecule has 5 nitrogen and oxygen atoms in total. The van der Waals surface area contributed by atoms with Gasteiger partial charge in [0.05, 0.1) is 5.52 Å². The van der Waals surface area contributed by atoms with Gasteiger partial charge >= 0.3 is 0 Å². The molecule has 126 valence electrons. The predicted molar refractivity (Wildman–Crippen MR) is 101 cm³/mol. The van der Waals surface area contributed by atoms with Crippen LogP contribution >= 0.6 is 24.0 Å². The van der Waals surface area contributed by atoms with Gasteiger partial charge in [-0.3, -0.25) is 0 Å². The number of anilines is 1. The van der Waals surface area contributed by atoms with Crippen molar-refractivity contribution in [2.75, 3.05) is 18.0 Å². The Balaban J connectivity index is 0.00000104. The molecule has 1 aliphatic heterocycles. The summed E-state index contributed by atoms with van der Waals surface area (Å²) >= 11 is 6.10. The first-order valence-corrected chi connectivity index (χ1v) is 7.62. The molecule has 7 heteroatoms. The third-order valence-corrected chi connectivity index (χ3v) is 4.06. The largest absolute Gasteiger partial charge is 0.412 e. The second-order valence-corrected chi connectivity index (χ2v) is 5.86. The van der Waals surface area contributed by atoms with E-state index in [1.807, 2.05) is 31.2 Å². The summed E-state index contributed by atoms with van der Waals surface area (Å²) < 4.78 is 0. The topological polar surface area (TPSA) is 76.3 Å². The number of hydrogen-bond acceptors (Lipinski definition) is 3. The van der Waals surface area contributed by atoms with E-state index >= 15 is 0 Å². The minimum Gasteiger partial charge on any atom is -0.412 e. The monoisotopic (exact) mass is 364 g/mol. The molecule has 24 heavy (non-hydrogen) atoms. The van der Waals surface area contributed by atoms with Gasteiger partial charge in [0.15, 0.2) is 5.82 Å². The van der Waals surface area contributed by atoms with E-state index in [0.29, 0.717) is 0 Å². The Bertz CT molecular complexity index is 883. The van der Waals surface area contributed by atoms with Crippen molar-refractivity contribution in [2.45, 2.75) is 6.92 Å². The average Bonchev–Trinajstić information content (AvgIpc) is 3.15. The summed E-state index contributed by atoms with van der Waals surface area (Å²) in [5.41, 5.74) is 3.97. The summed E-state index contributed by atoms with van der Waals surface area (Å²) in [5, 5.41) is 0.724. The molecule has 0 bridgehead atoms. The molecule has 0 atom stereocenters. The van der Waals surface area contributed by atoms with Crippen LogP contribution in [0.3, 0.4) is 0 Å². The maximum absolute atomic E-state index is 6.10. The minimum atomic E-state index is 0. The quantitative estimate of drug-likeness (QED) is 0.706. The summed E-state index contributed by atoms with van der Waals surface area (Å²) in [6.45, 7) is 3.70. The lowest BCUT2D eigenvalue weighted by Crippen LogP contribution is -2.20. The first kappa shape index (κ1) is 18.3. The lowest BCUT2D eigenvalue weighted by Gasteiger charge is -2.17. The molecule has 0 unspecified atom stereocenters. The lowest BCUT2D eigenvalue weighted by molar-refractivity contribution is 0.824. The van der Waals surface area contributed by atoms with E-state index in [9.17, 15) is 0 Å². The highest BCUT2D eigenvalue weighted by Crippen LogP contribution is 2.30. The number of hydrogen-bond donors (Lipinski definition) is 1. The third-order valence-electron chi connectivity index (χ3n) is 3.82. The summed E-state index contributed by atoms with van der Waals surface area (Å²) in [7, 11) is 0. The number of nitrogens with one attached hydrogen (secondary N) is 1. The average molecular weight is 365 g/mol. The highest BCUT2D eigenvalue weighted by Gasteiger charge is 2.17. The van der Waals surface area contributed by atoms with Crippen LogP contribution in [0.15, 0.2) is 42.5 Å². The minimum absolute atomic E-state index is 0. The number of aromatic amines is 1. The fourth-order valence-electron chi connectivity index (χ4n) is 2.80. The van der Waals surface area contributed by atoms with E-state index in [2.05, 4.69) is 38.1 Å². The number of benzene rings is 1. The SMILES string of the molecule is Cc1nc(N2CC=CC2)c2[nH]c(-c3cccc(Cl)c3)cc2n1.Cl.O. The summed E-state index contributed by atoms with van der Waals surface area (Å²) in [5.74, 6) is 1.74. The normalized spacial score (nSPS) is 13.0. The molecule has 1 aliphatic rings. The molecule has 0 radical (unpaired) electrons. The zero-order valence-corrected chi connectivity index (χ0v) is 14.7.